The number of rotatable bonds is 7. The van der Waals surface area contributed by atoms with E-state index < -0.39 is 18.7 Å². The molecule has 0 saturated heterocycles. The van der Waals surface area contributed by atoms with Crippen molar-refractivity contribution < 1.29 is 23.1 Å². The molecule has 0 saturated carbocycles. The quantitative estimate of drug-likeness (QED) is 0.719. The Hall–Kier alpha value is -2.38. The first-order valence-electron chi connectivity index (χ1n) is 7.24. The summed E-state index contributed by atoms with van der Waals surface area (Å²) in [5.41, 5.74) is 0.388. The molecular formula is C15H21F2N3O3. The molecule has 0 aromatic heterocycles. The van der Waals surface area contributed by atoms with Crippen molar-refractivity contribution in [3.05, 3.63) is 24.3 Å². The minimum Gasteiger partial charge on any atom is -0.435 e. The van der Waals surface area contributed by atoms with Gasteiger partial charge < -0.3 is 20.7 Å². The zero-order valence-electron chi connectivity index (χ0n) is 13.2. The van der Waals surface area contributed by atoms with Gasteiger partial charge in [-0.3, -0.25) is 4.79 Å². The van der Waals surface area contributed by atoms with Crippen LogP contribution in [-0.2, 0) is 4.79 Å². The molecule has 0 aliphatic rings. The number of hydrogen-bond acceptors (Lipinski definition) is 3. The minimum atomic E-state index is -2.90. The van der Waals surface area contributed by atoms with E-state index in [0.29, 0.717) is 5.69 Å². The molecule has 0 unspecified atom stereocenters. The topological polar surface area (TPSA) is 79.5 Å². The number of anilines is 1. The minimum absolute atomic E-state index is 0.00717. The number of ether oxygens (including phenoxy) is 1. The summed E-state index contributed by atoms with van der Waals surface area (Å²) >= 11 is 0. The highest BCUT2D eigenvalue weighted by molar-refractivity contribution is 5.93. The van der Waals surface area contributed by atoms with E-state index in [-0.39, 0.29) is 17.7 Å². The van der Waals surface area contributed by atoms with Gasteiger partial charge >= 0.3 is 12.6 Å². The van der Waals surface area contributed by atoms with Crippen molar-refractivity contribution >= 4 is 17.6 Å². The Labute approximate surface area is 133 Å². The normalized spacial score (nSPS) is 13.1. The van der Waals surface area contributed by atoms with Crippen molar-refractivity contribution in [2.75, 3.05) is 5.32 Å². The molecule has 0 radical (unpaired) electrons. The average Bonchev–Trinajstić information content (AvgIpc) is 2.48. The highest BCUT2D eigenvalue weighted by Gasteiger charge is 2.16. The molecule has 3 amide bonds. The van der Waals surface area contributed by atoms with Gasteiger partial charge in [-0.15, -0.1) is 0 Å². The number of urea groups is 1. The zero-order chi connectivity index (χ0) is 17.4. The summed E-state index contributed by atoms with van der Waals surface area (Å²) in [5, 5.41) is 7.75. The van der Waals surface area contributed by atoms with Crippen LogP contribution in [0.2, 0.25) is 0 Å². The van der Waals surface area contributed by atoms with Crippen molar-refractivity contribution in [3.63, 3.8) is 0 Å². The van der Waals surface area contributed by atoms with Gasteiger partial charge in [0, 0.05) is 11.7 Å². The fourth-order valence-corrected chi connectivity index (χ4v) is 1.62. The first kappa shape index (κ1) is 18.7. The van der Waals surface area contributed by atoms with Crippen LogP contribution in [0.4, 0.5) is 19.3 Å². The first-order valence-corrected chi connectivity index (χ1v) is 7.24. The third-order valence-corrected chi connectivity index (χ3v) is 3.08. The van der Waals surface area contributed by atoms with Gasteiger partial charge in [0.05, 0.1) is 0 Å². The molecule has 0 aliphatic carbocycles. The zero-order valence-corrected chi connectivity index (χ0v) is 13.2. The predicted octanol–water partition coefficient (Wildman–Crippen LogP) is 2.71. The average molecular weight is 329 g/mol. The lowest BCUT2D eigenvalue weighted by Gasteiger charge is -2.17. The fraction of sp³-hybridized carbons (Fsp3) is 0.467. The van der Waals surface area contributed by atoms with Crippen molar-refractivity contribution in [2.45, 2.75) is 45.9 Å². The van der Waals surface area contributed by atoms with Crippen molar-refractivity contribution in [2.24, 2.45) is 0 Å². The second-order valence-electron chi connectivity index (χ2n) is 5.04. The lowest BCUT2D eigenvalue weighted by molar-refractivity contribution is -0.123. The molecule has 0 heterocycles. The highest BCUT2D eigenvalue weighted by Crippen LogP contribution is 2.17. The van der Waals surface area contributed by atoms with Crippen molar-refractivity contribution in [1.82, 2.24) is 10.6 Å². The van der Waals surface area contributed by atoms with Crippen LogP contribution < -0.4 is 20.7 Å². The Kier molecular flexibility index (Phi) is 7.24. The van der Waals surface area contributed by atoms with Crippen LogP contribution in [0.3, 0.4) is 0 Å². The van der Waals surface area contributed by atoms with E-state index in [0.717, 1.165) is 6.42 Å². The summed E-state index contributed by atoms with van der Waals surface area (Å²) in [5.74, 6) is -0.289. The number of alkyl halides is 2. The molecule has 6 nitrogen and oxygen atoms in total. The third kappa shape index (κ3) is 6.94. The Morgan fingerprint density at radius 3 is 2.26 bits per heavy atom. The maximum Gasteiger partial charge on any atom is 0.387 e. The van der Waals surface area contributed by atoms with Crippen LogP contribution in [0, 0.1) is 0 Å². The van der Waals surface area contributed by atoms with Crippen LogP contribution >= 0.6 is 0 Å². The summed E-state index contributed by atoms with van der Waals surface area (Å²) in [4.78, 5) is 23.6. The summed E-state index contributed by atoms with van der Waals surface area (Å²) in [6, 6.07) is 4.20. The molecule has 1 rings (SSSR count). The summed E-state index contributed by atoms with van der Waals surface area (Å²) in [6.45, 7) is 2.48. The van der Waals surface area contributed by atoms with Gasteiger partial charge in [0.2, 0.25) is 5.91 Å². The second-order valence-corrected chi connectivity index (χ2v) is 5.04. The van der Waals surface area contributed by atoms with Crippen LogP contribution in [0.1, 0.15) is 27.2 Å². The van der Waals surface area contributed by atoms with Gasteiger partial charge in [-0.25, -0.2) is 4.79 Å². The molecular weight excluding hydrogens is 308 g/mol. The number of halogens is 2. The van der Waals surface area contributed by atoms with E-state index in [4.69, 9.17) is 0 Å². The maximum absolute atomic E-state index is 12.0. The molecule has 1 aromatic carbocycles. The molecule has 0 aliphatic heterocycles. The molecule has 1 aromatic rings. The summed E-state index contributed by atoms with van der Waals surface area (Å²) in [6.07, 6.45) is 0.789. The SMILES string of the molecule is CC[C@H](C)NC(=O)[C@H](C)NC(=O)Nc1ccc(OC(F)F)cc1. The third-order valence-electron chi connectivity index (χ3n) is 3.08. The molecule has 3 N–H and O–H groups in total. The molecule has 0 spiro atoms. The number of benzene rings is 1. The Morgan fingerprint density at radius 1 is 1.13 bits per heavy atom. The molecule has 23 heavy (non-hydrogen) atoms. The van der Waals surface area contributed by atoms with Gasteiger partial charge in [-0.1, -0.05) is 6.92 Å². The van der Waals surface area contributed by atoms with Crippen LogP contribution in [-0.4, -0.2) is 30.6 Å². The van der Waals surface area contributed by atoms with E-state index in [2.05, 4.69) is 20.7 Å². The number of hydrogen-bond donors (Lipinski definition) is 3. The maximum atomic E-state index is 12.0. The highest BCUT2D eigenvalue weighted by atomic mass is 19.3. The molecule has 0 fully saturated rings. The lowest BCUT2D eigenvalue weighted by Crippen LogP contribution is -2.48. The van der Waals surface area contributed by atoms with Gasteiger partial charge in [0.15, 0.2) is 0 Å². The first-order chi connectivity index (χ1) is 10.8. The van der Waals surface area contributed by atoms with Crippen molar-refractivity contribution in [1.29, 1.82) is 0 Å². The van der Waals surface area contributed by atoms with Gasteiger partial charge in [0.25, 0.3) is 0 Å². The second kappa shape index (κ2) is 8.92. The van der Waals surface area contributed by atoms with Gasteiger partial charge in [-0.05, 0) is 44.5 Å². The number of amides is 3. The van der Waals surface area contributed by atoms with Crippen LogP contribution in [0.5, 0.6) is 5.75 Å². The molecule has 8 heteroatoms. The standard InChI is InChI=1S/C15H21F2N3O3/c1-4-9(2)18-13(21)10(3)19-15(22)20-11-5-7-12(8-6-11)23-14(16)17/h5-10,14H,4H2,1-3H3,(H,18,21)(H2,19,20,22)/t9-,10-/m0/s1. The van der Waals surface area contributed by atoms with E-state index >= 15 is 0 Å². The molecule has 0 bridgehead atoms. The number of carbonyl (C=O) groups excluding carboxylic acids is 2. The Balaban J connectivity index is 2.48. The van der Waals surface area contributed by atoms with E-state index in [1.54, 1.807) is 6.92 Å². The van der Waals surface area contributed by atoms with Crippen LogP contribution in [0.15, 0.2) is 24.3 Å². The Bertz CT molecular complexity index is 523. The van der Waals surface area contributed by atoms with E-state index in [1.165, 1.54) is 24.3 Å². The van der Waals surface area contributed by atoms with E-state index in [1.807, 2.05) is 13.8 Å². The largest absolute Gasteiger partial charge is 0.435 e. The summed E-state index contributed by atoms with van der Waals surface area (Å²) in [7, 11) is 0. The Morgan fingerprint density at radius 2 is 1.74 bits per heavy atom. The van der Waals surface area contributed by atoms with Crippen molar-refractivity contribution in [3.8, 4) is 5.75 Å². The predicted molar refractivity (Wildman–Crippen MR) is 82.6 cm³/mol. The number of carbonyl (C=O) groups is 2. The van der Waals surface area contributed by atoms with Gasteiger partial charge in [0.1, 0.15) is 11.8 Å². The smallest absolute Gasteiger partial charge is 0.387 e. The molecule has 2 atom stereocenters. The molecule has 128 valence electrons. The van der Waals surface area contributed by atoms with E-state index in [9.17, 15) is 18.4 Å². The van der Waals surface area contributed by atoms with Crippen LogP contribution in [0.25, 0.3) is 0 Å². The monoisotopic (exact) mass is 329 g/mol. The lowest BCUT2D eigenvalue weighted by atomic mass is 10.2. The van der Waals surface area contributed by atoms with Gasteiger partial charge in [-0.2, -0.15) is 8.78 Å². The summed E-state index contributed by atoms with van der Waals surface area (Å²) < 4.78 is 28.3. The number of nitrogens with one attached hydrogen (secondary N) is 3. The fourth-order valence-electron chi connectivity index (χ4n) is 1.62.